The summed E-state index contributed by atoms with van der Waals surface area (Å²) in [7, 11) is 4.01. The number of aromatic amines is 1. The topological polar surface area (TPSA) is 97.7 Å². The number of aliphatic hydroxyl groups is 1. The molecule has 1 amide bonds. The normalized spacial score (nSPS) is 17.8. The van der Waals surface area contributed by atoms with E-state index in [2.05, 4.69) is 42.6 Å². The maximum absolute atomic E-state index is 12.3. The van der Waals surface area contributed by atoms with Gasteiger partial charge >= 0.3 is 0 Å². The Morgan fingerprint density at radius 3 is 3.00 bits per heavy atom. The van der Waals surface area contributed by atoms with Gasteiger partial charge in [-0.3, -0.25) is 4.79 Å². The fourth-order valence-electron chi connectivity index (χ4n) is 4.13. The molecule has 2 aliphatic rings. The number of H-pyrrole nitrogens is 1. The van der Waals surface area contributed by atoms with E-state index >= 15 is 0 Å². The van der Waals surface area contributed by atoms with Crippen LogP contribution >= 0.6 is 0 Å². The third kappa shape index (κ3) is 2.76. The van der Waals surface area contributed by atoms with Crippen LogP contribution in [0.1, 0.15) is 22.0 Å². The number of fused-ring (bicyclic) bond motifs is 4. The number of benzene rings is 1. The Kier molecular flexibility index (Phi) is 4.04. The first-order valence-electron chi connectivity index (χ1n) is 9.51. The van der Waals surface area contributed by atoms with Crippen molar-refractivity contribution in [3.8, 4) is 11.3 Å². The Hall–Kier alpha value is -3.36. The second-order valence-electron chi connectivity index (χ2n) is 7.40. The first kappa shape index (κ1) is 17.7. The monoisotopic (exact) mass is 390 g/mol. The number of aromatic nitrogens is 2. The molecule has 5 rings (SSSR count). The van der Waals surface area contributed by atoms with Crippen LogP contribution < -0.4 is 10.7 Å². The summed E-state index contributed by atoms with van der Waals surface area (Å²) in [5, 5.41) is 14.7. The number of nitrogens with zero attached hydrogens (tertiary/aromatic N) is 3. The van der Waals surface area contributed by atoms with Crippen LogP contribution in [-0.4, -0.2) is 52.0 Å². The van der Waals surface area contributed by atoms with Gasteiger partial charge in [0.15, 0.2) is 0 Å². The fourth-order valence-corrected chi connectivity index (χ4v) is 4.13. The largest absolute Gasteiger partial charge is 0.395 e. The van der Waals surface area contributed by atoms with Crippen LogP contribution in [0.15, 0.2) is 47.2 Å². The van der Waals surface area contributed by atoms with E-state index in [0.29, 0.717) is 5.56 Å². The molecular weight excluding hydrogens is 368 g/mol. The molecule has 4 heterocycles. The lowest BCUT2D eigenvalue weighted by molar-refractivity contribution is 0.0945. The van der Waals surface area contributed by atoms with Gasteiger partial charge in [-0.1, -0.05) is 0 Å². The van der Waals surface area contributed by atoms with Crippen molar-refractivity contribution >= 4 is 28.8 Å². The highest BCUT2D eigenvalue weighted by atomic mass is 16.3. The van der Waals surface area contributed by atoms with Gasteiger partial charge in [0.05, 0.1) is 12.6 Å². The first-order valence-corrected chi connectivity index (χ1v) is 9.51. The minimum absolute atomic E-state index is 0.0833. The standard InChI is InChI=1S/C21H22N6O2/c1-26-11-16(14-7-12(3-4-18(14)26)21(29)22-5-6-28)17-8-15-19-13(10-24-27(19)2)9-23-20(15)25-17/h3-4,7-11,19,24-25,28H,5-6H2,1-2H3,(H,22,29). The number of rotatable bonds is 4. The minimum atomic E-state index is -0.195. The van der Waals surface area contributed by atoms with Crippen molar-refractivity contribution < 1.29 is 9.90 Å². The molecule has 8 nitrogen and oxygen atoms in total. The summed E-state index contributed by atoms with van der Waals surface area (Å²) in [6, 6.07) is 7.92. The molecule has 2 aromatic heterocycles. The molecule has 148 valence electrons. The van der Waals surface area contributed by atoms with Crippen molar-refractivity contribution in [2.24, 2.45) is 12.0 Å². The molecule has 0 radical (unpaired) electrons. The molecule has 1 atom stereocenters. The molecule has 0 bridgehead atoms. The predicted octanol–water partition coefficient (Wildman–Crippen LogP) is 1.99. The molecule has 0 spiro atoms. The summed E-state index contributed by atoms with van der Waals surface area (Å²) in [5.41, 5.74) is 9.06. The van der Waals surface area contributed by atoms with E-state index in [1.165, 1.54) is 0 Å². The Morgan fingerprint density at radius 2 is 2.17 bits per heavy atom. The third-order valence-corrected chi connectivity index (χ3v) is 5.54. The van der Waals surface area contributed by atoms with Gasteiger partial charge in [0.2, 0.25) is 0 Å². The highest BCUT2D eigenvalue weighted by Crippen LogP contribution is 2.42. The van der Waals surface area contributed by atoms with Crippen LogP contribution in [0.4, 0.5) is 5.82 Å². The Bertz CT molecular complexity index is 1190. The number of hydrogen-bond donors (Lipinski definition) is 4. The lowest BCUT2D eigenvalue weighted by Crippen LogP contribution is -2.29. The molecule has 0 fully saturated rings. The Balaban J connectivity index is 1.59. The molecule has 3 aromatic rings. The molecule has 2 aliphatic heterocycles. The summed E-state index contributed by atoms with van der Waals surface area (Å²) in [6.07, 6.45) is 5.92. The van der Waals surface area contributed by atoms with Gasteiger partial charge in [-0.05, 0) is 24.3 Å². The molecule has 0 saturated carbocycles. The van der Waals surface area contributed by atoms with Crippen LogP contribution in [0.5, 0.6) is 0 Å². The highest BCUT2D eigenvalue weighted by Gasteiger charge is 2.32. The van der Waals surface area contributed by atoms with Gasteiger partial charge in [0.25, 0.3) is 5.91 Å². The summed E-state index contributed by atoms with van der Waals surface area (Å²) in [6.45, 7) is 0.151. The van der Waals surface area contributed by atoms with Gasteiger partial charge in [-0.15, -0.1) is 0 Å². The zero-order chi connectivity index (χ0) is 20.1. The van der Waals surface area contributed by atoms with Crippen LogP contribution in [0.3, 0.4) is 0 Å². The maximum Gasteiger partial charge on any atom is 0.251 e. The quantitative estimate of drug-likeness (QED) is 0.548. The van der Waals surface area contributed by atoms with Crippen LogP contribution in [-0.2, 0) is 7.05 Å². The molecule has 0 saturated heterocycles. The lowest BCUT2D eigenvalue weighted by Gasteiger charge is -2.23. The second kappa shape index (κ2) is 6.61. The SMILES string of the molecule is CN1NC=C2C=Nc3[nH]c(-c4cn(C)c5ccc(C(=O)NCCO)cc45)cc3C21. The Morgan fingerprint density at radius 1 is 1.31 bits per heavy atom. The predicted molar refractivity (Wildman–Crippen MR) is 112 cm³/mol. The van der Waals surface area contributed by atoms with Crippen molar-refractivity contribution in [1.82, 2.24) is 25.3 Å². The van der Waals surface area contributed by atoms with Gasteiger partial charge < -0.3 is 25.4 Å². The van der Waals surface area contributed by atoms with E-state index in [0.717, 1.165) is 39.1 Å². The number of likely N-dealkylation sites (N-methyl/N-ethyl adjacent to an activating group) is 1. The van der Waals surface area contributed by atoms with Gasteiger partial charge in [0, 0.05) is 78.1 Å². The van der Waals surface area contributed by atoms with Gasteiger partial charge in [-0.25, -0.2) is 10.0 Å². The fraction of sp³-hybridized carbons (Fsp3) is 0.238. The van der Waals surface area contributed by atoms with E-state index in [9.17, 15) is 4.79 Å². The first-order chi connectivity index (χ1) is 14.1. The van der Waals surface area contributed by atoms with E-state index in [4.69, 9.17) is 5.11 Å². The number of carbonyl (C=O) groups is 1. The van der Waals surface area contributed by atoms with Crippen molar-refractivity contribution in [3.05, 3.63) is 53.4 Å². The maximum atomic E-state index is 12.3. The second-order valence-corrected chi connectivity index (χ2v) is 7.40. The van der Waals surface area contributed by atoms with Crippen LogP contribution in [0.2, 0.25) is 0 Å². The number of hydrazine groups is 1. The van der Waals surface area contributed by atoms with Crippen molar-refractivity contribution in [3.63, 3.8) is 0 Å². The number of aryl methyl sites for hydroxylation is 1. The van der Waals surface area contributed by atoms with E-state index in [-0.39, 0.29) is 25.1 Å². The summed E-state index contributed by atoms with van der Waals surface area (Å²) in [4.78, 5) is 20.4. The number of aliphatic hydroxyl groups excluding tert-OH is 1. The van der Waals surface area contributed by atoms with Gasteiger partial charge in [-0.2, -0.15) is 0 Å². The molecule has 8 heteroatoms. The molecule has 0 aliphatic carbocycles. The zero-order valence-corrected chi connectivity index (χ0v) is 16.2. The van der Waals surface area contributed by atoms with Crippen molar-refractivity contribution in [2.45, 2.75) is 6.04 Å². The number of amides is 1. The Labute approximate surface area is 167 Å². The smallest absolute Gasteiger partial charge is 0.251 e. The zero-order valence-electron chi connectivity index (χ0n) is 16.2. The lowest BCUT2D eigenvalue weighted by atomic mass is 9.99. The highest BCUT2D eigenvalue weighted by molar-refractivity contribution is 6.03. The number of hydrogen-bond acceptors (Lipinski definition) is 5. The number of nitrogens with one attached hydrogen (secondary N) is 3. The minimum Gasteiger partial charge on any atom is -0.395 e. The van der Waals surface area contributed by atoms with Crippen molar-refractivity contribution in [1.29, 1.82) is 0 Å². The molecule has 1 aromatic carbocycles. The summed E-state index contributed by atoms with van der Waals surface area (Å²) >= 11 is 0. The van der Waals surface area contributed by atoms with Crippen molar-refractivity contribution in [2.75, 3.05) is 20.2 Å². The average molecular weight is 390 g/mol. The van der Waals surface area contributed by atoms with Gasteiger partial charge in [0.1, 0.15) is 5.82 Å². The average Bonchev–Trinajstić information content (AvgIpc) is 3.41. The van der Waals surface area contributed by atoms with Crippen LogP contribution in [0.25, 0.3) is 22.2 Å². The summed E-state index contributed by atoms with van der Waals surface area (Å²) in [5.74, 6) is 0.658. The van der Waals surface area contributed by atoms with Crippen LogP contribution in [0, 0.1) is 0 Å². The van der Waals surface area contributed by atoms with E-state index in [1.807, 2.05) is 38.6 Å². The van der Waals surface area contributed by atoms with E-state index < -0.39 is 0 Å². The number of aliphatic imine (C=N–C) groups is 1. The third-order valence-electron chi connectivity index (χ3n) is 5.54. The molecular formula is C21H22N6O2. The summed E-state index contributed by atoms with van der Waals surface area (Å²) < 4.78 is 2.05. The van der Waals surface area contributed by atoms with E-state index in [1.54, 1.807) is 6.07 Å². The number of carbonyl (C=O) groups excluding carboxylic acids is 1. The molecule has 29 heavy (non-hydrogen) atoms. The molecule has 4 N–H and O–H groups in total. The molecule has 1 unspecified atom stereocenters.